The largest absolute Gasteiger partial charge is 0.374 e. The Balaban J connectivity index is 2.47. The van der Waals surface area contributed by atoms with E-state index in [9.17, 15) is 9.18 Å². The van der Waals surface area contributed by atoms with E-state index in [2.05, 4.69) is 40.4 Å². The van der Waals surface area contributed by atoms with Crippen LogP contribution in [0.15, 0.2) is 22.7 Å². The summed E-state index contributed by atoms with van der Waals surface area (Å²) in [6.45, 7) is 6.69. The average molecular weight is 331 g/mol. The van der Waals surface area contributed by atoms with Crippen molar-refractivity contribution in [3.63, 3.8) is 0 Å². The van der Waals surface area contributed by atoms with Gasteiger partial charge < -0.3 is 10.6 Å². The maximum Gasteiger partial charge on any atom is 0.242 e. The van der Waals surface area contributed by atoms with Gasteiger partial charge in [0.1, 0.15) is 11.9 Å². The Bertz CT molecular complexity index is 437. The number of anilines is 1. The summed E-state index contributed by atoms with van der Waals surface area (Å²) < 4.78 is 13.5. The van der Waals surface area contributed by atoms with E-state index in [1.54, 1.807) is 19.1 Å². The van der Waals surface area contributed by atoms with Crippen LogP contribution in [-0.2, 0) is 4.79 Å². The number of hydrogen-bond acceptors (Lipinski definition) is 2. The van der Waals surface area contributed by atoms with Crippen LogP contribution in [0.2, 0.25) is 0 Å². The molecule has 0 aliphatic rings. The molecule has 0 heterocycles. The smallest absolute Gasteiger partial charge is 0.242 e. The average Bonchev–Trinajstić information content (AvgIpc) is 2.33. The molecule has 3 nitrogen and oxygen atoms in total. The zero-order valence-electron chi connectivity index (χ0n) is 11.5. The van der Waals surface area contributed by atoms with E-state index in [-0.39, 0.29) is 17.8 Å². The zero-order chi connectivity index (χ0) is 14.4. The van der Waals surface area contributed by atoms with Gasteiger partial charge in [0.05, 0.1) is 4.47 Å². The summed E-state index contributed by atoms with van der Waals surface area (Å²) in [5, 5.41) is 5.91. The second kappa shape index (κ2) is 7.48. The minimum Gasteiger partial charge on any atom is -0.374 e. The molecule has 2 N–H and O–H groups in total. The molecule has 1 amide bonds. The quantitative estimate of drug-likeness (QED) is 0.837. The van der Waals surface area contributed by atoms with Crippen LogP contribution in [0.25, 0.3) is 0 Å². The van der Waals surface area contributed by atoms with Crippen LogP contribution in [0.1, 0.15) is 27.2 Å². The molecular formula is C14H20BrFN2O. The lowest BCUT2D eigenvalue weighted by Gasteiger charge is -2.16. The molecule has 0 bridgehead atoms. The van der Waals surface area contributed by atoms with Gasteiger partial charge in [0, 0.05) is 12.2 Å². The molecule has 1 aromatic rings. The molecule has 1 unspecified atom stereocenters. The molecule has 0 radical (unpaired) electrons. The molecular weight excluding hydrogens is 311 g/mol. The van der Waals surface area contributed by atoms with Crippen LogP contribution >= 0.6 is 15.9 Å². The molecule has 0 aliphatic carbocycles. The van der Waals surface area contributed by atoms with E-state index in [1.807, 2.05) is 0 Å². The predicted octanol–water partition coefficient (Wildman–Crippen LogP) is 3.55. The maximum atomic E-state index is 13.1. The molecule has 1 atom stereocenters. The third-order valence-electron chi connectivity index (χ3n) is 2.72. The highest BCUT2D eigenvalue weighted by molar-refractivity contribution is 9.10. The lowest BCUT2D eigenvalue weighted by molar-refractivity contribution is -0.121. The van der Waals surface area contributed by atoms with Gasteiger partial charge in [-0.1, -0.05) is 13.8 Å². The maximum absolute atomic E-state index is 13.1. The number of halogens is 2. The van der Waals surface area contributed by atoms with Crippen molar-refractivity contribution in [1.29, 1.82) is 0 Å². The monoisotopic (exact) mass is 330 g/mol. The first-order valence-corrected chi connectivity index (χ1v) is 7.18. The molecule has 106 valence electrons. The van der Waals surface area contributed by atoms with E-state index in [4.69, 9.17) is 0 Å². The van der Waals surface area contributed by atoms with Crippen LogP contribution < -0.4 is 10.6 Å². The predicted molar refractivity (Wildman–Crippen MR) is 79.6 cm³/mol. The summed E-state index contributed by atoms with van der Waals surface area (Å²) in [4.78, 5) is 11.8. The summed E-state index contributed by atoms with van der Waals surface area (Å²) in [5.41, 5.74) is 0.708. The minimum atomic E-state index is -0.357. The summed E-state index contributed by atoms with van der Waals surface area (Å²) in [6, 6.07) is 4.23. The highest BCUT2D eigenvalue weighted by atomic mass is 79.9. The summed E-state index contributed by atoms with van der Waals surface area (Å²) in [5.74, 6) is 0.192. The zero-order valence-corrected chi connectivity index (χ0v) is 13.1. The fourth-order valence-electron chi connectivity index (χ4n) is 1.54. The molecule has 19 heavy (non-hydrogen) atoms. The third-order valence-corrected chi connectivity index (χ3v) is 3.32. The van der Waals surface area contributed by atoms with E-state index in [1.165, 1.54) is 6.07 Å². The Morgan fingerprint density at radius 2 is 2.05 bits per heavy atom. The number of carbonyl (C=O) groups excluding carboxylic acids is 1. The molecule has 0 saturated carbocycles. The SMILES string of the molecule is CC(C)CCNC(=O)C(C)Nc1ccc(F)c(Br)c1. The Labute approximate surface area is 122 Å². The van der Waals surface area contributed by atoms with E-state index < -0.39 is 0 Å². The van der Waals surface area contributed by atoms with Gasteiger partial charge in [-0.15, -0.1) is 0 Å². The van der Waals surface area contributed by atoms with Crippen molar-refractivity contribution in [3.8, 4) is 0 Å². The normalized spacial score (nSPS) is 12.3. The van der Waals surface area contributed by atoms with Crippen molar-refractivity contribution in [2.24, 2.45) is 5.92 Å². The second-order valence-electron chi connectivity index (χ2n) is 4.97. The fourth-order valence-corrected chi connectivity index (χ4v) is 1.92. The van der Waals surface area contributed by atoms with Gasteiger partial charge >= 0.3 is 0 Å². The van der Waals surface area contributed by atoms with Gasteiger partial charge in [-0.3, -0.25) is 4.79 Å². The highest BCUT2D eigenvalue weighted by Crippen LogP contribution is 2.20. The third kappa shape index (κ3) is 5.59. The Morgan fingerprint density at radius 1 is 1.37 bits per heavy atom. The van der Waals surface area contributed by atoms with Crippen LogP contribution in [0.4, 0.5) is 10.1 Å². The number of amides is 1. The summed E-state index contributed by atoms with van der Waals surface area (Å²) in [7, 11) is 0. The topological polar surface area (TPSA) is 41.1 Å². The molecule has 5 heteroatoms. The van der Waals surface area contributed by atoms with Crippen molar-refractivity contribution in [2.45, 2.75) is 33.2 Å². The molecule has 0 fully saturated rings. The standard InChI is InChI=1S/C14H20BrFN2O/c1-9(2)6-7-17-14(19)10(3)18-11-4-5-13(16)12(15)8-11/h4-5,8-10,18H,6-7H2,1-3H3,(H,17,19). The number of benzene rings is 1. The van der Waals surface area contributed by atoms with Gasteiger partial charge in [-0.25, -0.2) is 4.39 Å². The molecule has 1 aromatic carbocycles. The van der Waals surface area contributed by atoms with Crippen molar-refractivity contribution >= 4 is 27.5 Å². The summed E-state index contributed by atoms with van der Waals surface area (Å²) >= 11 is 3.12. The first-order chi connectivity index (χ1) is 8.90. The van der Waals surface area contributed by atoms with Crippen LogP contribution in [-0.4, -0.2) is 18.5 Å². The first kappa shape index (κ1) is 16.0. The lowest BCUT2D eigenvalue weighted by atomic mass is 10.1. The van der Waals surface area contributed by atoms with Crippen molar-refractivity contribution in [2.75, 3.05) is 11.9 Å². The number of nitrogens with one attached hydrogen (secondary N) is 2. The van der Waals surface area contributed by atoms with Gasteiger partial charge in [0.2, 0.25) is 5.91 Å². The Hall–Kier alpha value is -1.10. The number of carbonyl (C=O) groups is 1. The summed E-state index contributed by atoms with van der Waals surface area (Å²) in [6.07, 6.45) is 0.959. The van der Waals surface area contributed by atoms with Crippen LogP contribution in [0, 0.1) is 11.7 Å². The lowest BCUT2D eigenvalue weighted by Crippen LogP contribution is -2.38. The molecule has 0 spiro atoms. The van der Waals surface area contributed by atoms with E-state index >= 15 is 0 Å². The minimum absolute atomic E-state index is 0.0545. The van der Waals surface area contributed by atoms with Crippen LogP contribution in [0.5, 0.6) is 0 Å². The van der Waals surface area contributed by atoms with E-state index in [0.29, 0.717) is 22.6 Å². The Kier molecular flexibility index (Phi) is 6.28. The van der Waals surface area contributed by atoms with Crippen molar-refractivity contribution < 1.29 is 9.18 Å². The highest BCUT2D eigenvalue weighted by Gasteiger charge is 2.12. The molecule has 0 aromatic heterocycles. The van der Waals surface area contributed by atoms with Crippen LogP contribution in [0.3, 0.4) is 0 Å². The fraction of sp³-hybridized carbons (Fsp3) is 0.500. The van der Waals surface area contributed by atoms with Crippen molar-refractivity contribution in [3.05, 3.63) is 28.5 Å². The molecule has 1 rings (SSSR count). The molecule has 0 aliphatic heterocycles. The van der Waals surface area contributed by atoms with Gasteiger partial charge in [-0.05, 0) is 53.4 Å². The van der Waals surface area contributed by atoms with Gasteiger partial charge in [0.25, 0.3) is 0 Å². The van der Waals surface area contributed by atoms with E-state index in [0.717, 1.165) is 6.42 Å². The number of hydrogen-bond donors (Lipinski definition) is 2. The number of rotatable bonds is 6. The first-order valence-electron chi connectivity index (χ1n) is 6.39. The second-order valence-corrected chi connectivity index (χ2v) is 5.82. The van der Waals surface area contributed by atoms with Gasteiger partial charge in [0.15, 0.2) is 0 Å². The Morgan fingerprint density at radius 3 is 2.63 bits per heavy atom. The van der Waals surface area contributed by atoms with Crippen molar-refractivity contribution in [1.82, 2.24) is 5.32 Å². The molecule has 0 saturated heterocycles. The van der Waals surface area contributed by atoms with Gasteiger partial charge in [-0.2, -0.15) is 0 Å².